The summed E-state index contributed by atoms with van der Waals surface area (Å²) in [6.07, 6.45) is 1.96. The number of rotatable bonds is 5. The quantitative estimate of drug-likeness (QED) is 0.776. The van der Waals surface area contributed by atoms with Crippen LogP contribution >= 0.6 is 15.9 Å². The zero-order valence-electron chi connectivity index (χ0n) is 9.68. The standard InChI is InChI=1S/C11H14BrNO3S/c1-13(5-6-17(2,15)16)11-7-10(12)4-3-9(11)8-14/h3-4,7-8H,5-6H2,1-2H3. The summed E-state index contributed by atoms with van der Waals surface area (Å²) >= 11 is 3.32. The fraction of sp³-hybridized carbons (Fsp3) is 0.364. The third-order valence-corrected chi connectivity index (χ3v) is 3.75. The van der Waals surface area contributed by atoms with Gasteiger partial charge in [0.25, 0.3) is 0 Å². The number of carbonyl (C=O) groups excluding carboxylic acids is 1. The molecule has 1 aromatic carbocycles. The maximum absolute atomic E-state index is 11.1. The summed E-state index contributed by atoms with van der Waals surface area (Å²) in [5, 5.41) is 0. The van der Waals surface area contributed by atoms with Gasteiger partial charge in [0.2, 0.25) is 0 Å². The van der Waals surface area contributed by atoms with Gasteiger partial charge in [-0.3, -0.25) is 4.79 Å². The second-order valence-corrected chi connectivity index (χ2v) is 7.05. The summed E-state index contributed by atoms with van der Waals surface area (Å²) in [6.45, 7) is 0.357. The highest BCUT2D eigenvalue weighted by atomic mass is 79.9. The van der Waals surface area contributed by atoms with Crippen molar-refractivity contribution in [2.75, 3.05) is 30.5 Å². The molecule has 0 unspecified atom stereocenters. The van der Waals surface area contributed by atoms with Crippen molar-refractivity contribution in [2.24, 2.45) is 0 Å². The molecular weight excluding hydrogens is 306 g/mol. The third kappa shape index (κ3) is 4.47. The van der Waals surface area contributed by atoms with Crippen LogP contribution in [0.3, 0.4) is 0 Å². The van der Waals surface area contributed by atoms with Crippen LogP contribution in [-0.4, -0.2) is 40.3 Å². The molecule has 6 heteroatoms. The summed E-state index contributed by atoms with van der Waals surface area (Å²) in [6, 6.07) is 5.27. The number of anilines is 1. The Morgan fingerprint density at radius 1 is 1.41 bits per heavy atom. The van der Waals surface area contributed by atoms with Crippen molar-refractivity contribution in [2.45, 2.75) is 0 Å². The minimum atomic E-state index is -3.00. The number of sulfone groups is 1. The van der Waals surface area contributed by atoms with Crippen molar-refractivity contribution in [3.63, 3.8) is 0 Å². The number of carbonyl (C=O) groups is 1. The van der Waals surface area contributed by atoms with E-state index in [1.54, 1.807) is 30.1 Å². The van der Waals surface area contributed by atoms with E-state index in [1.165, 1.54) is 6.26 Å². The lowest BCUT2D eigenvalue weighted by Crippen LogP contribution is -2.25. The SMILES string of the molecule is CN(CCS(C)(=O)=O)c1cc(Br)ccc1C=O. The topological polar surface area (TPSA) is 54.5 Å². The summed E-state index contributed by atoms with van der Waals surface area (Å²) < 4.78 is 23.0. The molecular formula is C11H14BrNO3S. The first-order valence-electron chi connectivity index (χ1n) is 4.97. The van der Waals surface area contributed by atoms with Crippen molar-refractivity contribution < 1.29 is 13.2 Å². The highest BCUT2D eigenvalue weighted by molar-refractivity contribution is 9.10. The Kier molecular flexibility index (Phi) is 4.70. The van der Waals surface area contributed by atoms with E-state index in [1.807, 2.05) is 0 Å². The molecule has 0 aliphatic carbocycles. The van der Waals surface area contributed by atoms with E-state index in [2.05, 4.69) is 15.9 Å². The molecule has 0 radical (unpaired) electrons. The maximum Gasteiger partial charge on any atom is 0.152 e. The molecule has 0 spiro atoms. The molecule has 0 aliphatic rings. The van der Waals surface area contributed by atoms with Gasteiger partial charge in [-0.1, -0.05) is 15.9 Å². The fourth-order valence-electron chi connectivity index (χ4n) is 1.37. The Morgan fingerprint density at radius 2 is 2.06 bits per heavy atom. The molecule has 94 valence electrons. The maximum atomic E-state index is 11.1. The Bertz CT molecular complexity index is 513. The molecule has 0 bridgehead atoms. The monoisotopic (exact) mass is 319 g/mol. The molecule has 0 aliphatic heterocycles. The molecule has 4 nitrogen and oxygen atoms in total. The van der Waals surface area contributed by atoms with Crippen LogP contribution in [-0.2, 0) is 9.84 Å². The second kappa shape index (κ2) is 5.64. The van der Waals surface area contributed by atoms with Crippen LogP contribution in [0.25, 0.3) is 0 Å². The molecule has 0 atom stereocenters. The lowest BCUT2D eigenvalue weighted by Gasteiger charge is -2.20. The lowest BCUT2D eigenvalue weighted by molar-refractivity contribution is 0.112. The molecule has 1 rings (SSSR count). The van der Waals surface area contributed by atoms with Gasteiger partial charge in [0.1, 0.15) is 9.84 Å². The van der Waals surface area contributed by atoms with Crippen LogP contribution in [0.15, 0.2) is 22.7 Å². The molecule has 0 heterocycles. The summed E-state index contributed by atoms with van der Waals surface area (Å²) in [5.74, 6) is 0.0638. The highest BCUT2D eigenvalue weighted by Crippen LogP contribution is 2.23. The van der Waals surface area contributed by atoms with Crippen LogP contribution in [0.2, 0.25) is 0 Å². The Morgan fingerprint density at radius 3 is 2.59 bits per heavy atom. The number of hydrogen-bond acceptors (Lipinski definition) is 4. The van der Waals surface area contributed by atoms with Gasteiger partial charge in [-0.05, 0) is 18.2 Å². The molecule has 1 aromatic rings. The Balaban J connectivity index is 2.91. The van der Waals surface area contributed by atoms with Crippen molar-refractivity contribution in [1.29, 1.82) is 0 Å². The van der Waals surface area contributed by atoms with E-state index < -0.39 is 9.84 Å². The first kappa shape index (κ1) is 14.2. The number of nitrogens with zero attached hydrogens (tertiary/aromatic N) is 1. The average molecular weight is 320 g/mol. The van der Waals surface area contributed by atoms with Crippen molar-refractivity contribution in [1.82, 2.24) is 0 Å². The van der Waals surface area contributed by atoms with E-state index in [-0.39, 0.29) is 5.75 Å². The zero-order valence-corrected chi connectivity index (χ0v) is 12.1. The van der Waals surface area contributed by atoms with Gasteiger partial charge in [-0.15, -0.1) is 0 Å². The number of hydrogen-bond donors (Lipinski definition) is 0. The summed E-state index contributed by atoms with van der Waals surface area (Å²) in [4.78, 5) is 12.6. The van der Waals surface area contributed by atoms with Crippen LogP contribution in [0.1, 0.15) is 10.4 Å². The van der Waals surface area contributed by atoms with E-state index in [9.17, 15) is 13.2 Å². The Hall–Kier alpha value is -0.880. The van der Waals surface area contributed by atoms with Crippen LogP contribution in [0.4, 0.5) is 5.69 Å². The van der Waals surface area contributed by atoms with Gasteiger partial charge in [0.05, 0.1) is 5.75 Å². The predicted octanol–water partition coefficient (Wildman–Crippen LogP) is 1.74. The largest absolute Gasteiger partial charge is 0.373 e. The van der Waals surface area contributed by atoms with Gasteiger partial charge >= 0.3 is 0 Å². The molecule has 0 saturated heterocycles. The van der Waals surface area contributed by atoms with Gasteiger partial charge in [0, 0.05) is 35.6 Å². The van der Waals surface area contributed by atoms with Gasteiger partial charge in [-0.2, -0.15) is 0 Å². The van der Waals surface area contributed by atoms with Gasteiger partial charge in [-0.25, -0.2) is 8.42 Å². The summed E-state index contributed by atoms with van der Waals surface area (Å²) in [5.41, 5.74) is 1.27. The first-order valence-corrected chi connectivity index (χ1v) is 7.82. The van der Waals surface area contributed by atoms with Crippen LogP contribution in [0.5, 0.6) is 0 Å². The molecule has 0 fully saturated rings. The second-order valence-electron chi connectivity index (χ2n) is 3.87. The number of benzene rings is 1. The van der Waals surface area contributed by atoms with Crippen molar-refractivity contribution >= 4 is 37.7 Å². The van der Waals surface area contributed by atoms with Gasteiger partial charge in [0.15, 0.2) is 6.29 Å². The average Bonchev–Trinajstić information content (AvgIpc) is 2.25. The smallest absolute Gasteiger partial charge is 0.152 e. The normalized spacial score (nSPS) is 11.2. The van der Waals surface area contributed by atoms with Crippen LogP contribution < -0.4 is 4.90 Å². The summed E-state index contributed by atoms with van der Waals surface area (Å²) in [7, 11) is -1.23. The number of aldehydes is 1. The van der Waals surface area contributed by atoms with E-state index in [0.29, 0.717) is 12.1 Å². The highest BCUT2D eigenvalue weighted by Gasteiger charge is 2.10. The van der Waals surface area contributed by atoms with E-state index >= 15 is 0 Å². The minimum Gasteiger partial charge on any atom is -0.373 e. The third-order valence-electron chi connectivity index (χ3n) is 2.33. The zero-order chi connectivity index (χ0) is 13.1. The fourth-order valence-corrected chi connectivity index (χ4v) is 2.32. The number of halogens is 1. The Labute approximate surface area is 110 Å². The van der Waals surface area contributed by atoms with Crippen molar-refractivity contribution in [3.8, 4) is 0 Å². The molecule has 0 amide bonds. The molecule has 0 aromatic heterocycles. The van der Waals surface area contributed by atoms with E-state index in [0.717, 1.165) is 16.4 Å². The minimum absolute atomic E-state index is 0.0638. The van der Waals surface area contributed by atoms with Crippen LogP contribution in [0, 0.1) is 0 Å². The lowest BCUT2D eigenvalue weighted by atomic mass is 10.2. The molecule has 0 N–H and O–H groups in total. The van der Waals surface area contributed by atoms with Crippen molar-refractivity contribution in [3.05, 3.63) is 28.2 Å². The molecule has 17 heavy (non-hydrogen) atoms. The van der Waals surface area contributed by atoms with E-state index in [4.69, 9.17) is 0 Å². The predicted molar refractivity (Wildman–Crippen MR) is 72.5 cm³/mol. The van der Waals surface area contributed by atoms with Gasteiger partial charge < -0.3 is 4.90 Å². The molecule has 0 saturated carbocycles. The first-order chi connectivity index (χ1) is 7.83.